The molecule has 0 N–H and O–H groups in total. The lowest BCUT2D eigenvalue weighted by atomic mass is 10.5. The summed E-state index contributed by atoms with van der Waals surface area (Å²) in [5.41, 5.74) is 0. The van der Waals surface area contributed by atoms with E-state index in [1.54, 1.807) is 0 Å². The summed E-state index contributed by atoms with van der Waals surface area (Å²) in [7, 11) is -0.708. The van der Waals surface area contributed by atoms with Gasteiger partial charge in [-0.2, -0.15) is 5.26 Å². The summed E-state index contributed by atoms with van der Waals surface area (Å²) in [6, 6.07) is 1.84. The normalized spacial score (nSPS) is 10.4. The van der Waals surface area contributed by atoms with Crippen LogP contribution in [0.15, 0.2) is 0 Å². The lowest BCUT2D eigenvalue weighted by Crippen LogP contribution is -1.83. The third-order valence-electron chi connectivity index (χ3n) is 0.560. The highest BCUT2D eigenvalue weighted by Gasteiger charge is 2.15. The van der Waals surface area contributed by atoms with Crippen molar-refractivity contribution in [2.75, 3.05) is 13.7 Å². The molecule has 0 aliphatic rings. The number of nitriles is 1. The predicted molar refractivity (Wildman–Crippen MR) is 30.8 cm³/mol. The average molecular weight is 148 g/mol. The second-order valence-electron chi connectivity index (χ2n) is 1.15. The fourth-order valence-corrected chi connectivity index (χ4v) is 0.564. The van der Waals surface area contributed by atoms with E-state index in [0.717, 1.165) is 0 Å². The third-order valence-corrected chi connectivity index (χ3v) is 1.25. The molecule has 0 radical (unpaired) electrons. The minimum atomic E-state index is -1.99. The van der Waals surface area contributed by atoms with Crippen LogP contribution in [0, 0.1) is 11.3 Å². The van der Waals surface area contributed by atoms with Gasteiger partial charge in [0.05, 0.1) is 19.6 Å². The molecule has 5 heteroatoms. The monoisotopic (exact) mass is 148 g/mol. The van der Waals surface area contributed by atoms with Crippen molar-refractivity contribution < 1.29 is 13.6 Å². The lowest BCUT2D eigenvalue weighted by molar-refractivity contribution is 0.261. The van der Waals surface area contributed by atoms with Crippen LogP contribution in [0.2, 0.25) is 0 Å². The second kappa shape index (κ2) is 5.64. The average Bonchev–Trinajstić information content (AvgIpc) is 1.89. The minimum Gasteiger partial charge on any atom is -0.198 e. The highest BCUT2D eigenvalue weighted by molar-refractivity contribution is 7.33. The molecule has 0 aliphatic carbocycles. The van der Waals surface area contributed by atoms with Crippen LogP contribution < -0.4 is 0 Å². The van der Waals surface area contributed by atoms with Gasteiger partial charge in [-0.15, -0.1) is 9.05 Å². The number of hydrogen-bond donors (Lipinski definition) is 0. The molecule has 0 aliphatic heterocycles. The Morgan fingerprint density at radius 1 is 1.78 bits per heavy atom. The van der Waals surface area contributed by atoms with Crippen molar-refractivity contribution in [2.24, 2.45) is 0 Å². The molecule has 0 aromatic rings. The Kier molecular flexibility index (Phi) is 5.34. The molecule has 0 spiro atoms. The molecule has 0 saturated carbocycles. The van der Waals surface area contributed by atoms with Crippen molar-refractivity contribution in [1.29, 1.82) is 5.26 Å². The van der Waals surface area contributed by atoms with Crippen molar-refractivity contribution in [1.82, 2.24) is 0 Å². The van der Waals surface area contributed by atoms with E-state index in [1.807, 2.05) is 6.07 Å². The van der Waals surface area contributed by atoms with Gasteiger partial charge in [0.2, 0.25) is 0 Å². The molecular formula is C4H7NO3P+. The van der Waals surface area contributed by atoms with Crippen LogP contribution in [-0.4, -0.2) is 13.7 Å². The van der Waals surface area contributed by atoms with E-state index in [0.29, 0.717) is 0 Å². The van der Waals surface area contributed by atoms with Gasteiger partial charge in [-0.1, -0.05) is 0 Å². The number of rotatable bonds is 4. The maximum Gasteiger partial charge on any atom is 0.697 e. The first kappa shape index (κ1) is 8.51. The molecule has 0 aromatic carbocycles. The van der Waals surface area contributed by atoms with Crippen molar-refractivity contribution in [2.45, 2.75) is 6.42 Å². The predicted octanol–water partition coefficient (Wildman–Crippen LogP) is 1.22. The maximum absolute atomic E-state index is 10.3. The topological polar surface area (TPSA) is 59.3 Å². The quantitative estimate of drug-likeness (QED) is 0.444. The van der Waals surface area contributed by atoms with E-state index >= 15 is 0 Å². The zero-order valence-electron chi connectivity index (χ0n) is 5.03. The maximum atomic E-state index is 10.3. The van der Waals surface area contributed by atoms with Gasteiger partial charge in [0.15, 0.2) is 0 Å². The number of hydrogen-bond acceptors (Lipinski definition) is 4. The molecule has 0 heterocycles. The molecule has 4 nitrogen and oxygen atoms in total. The molecule has 0 rings (SSSR count). The Balaban J connectivity index is 3.09. The first-order chi connectivity index (χ1) is 4.31. The summed E-state index contributed by atoms with van der Waals surface area (Å²) >= 11 is 0. The van der Waals surface area contributed by atoms with Gasteiger partial charge >= 0.3 is 8.25 Å². The summed E-state index contributed by atoms with van der Waals surface area (Å²) in [6.45, 7) is 0.166. The largest absolute Gasteiger partial charge is 0.697 e. The summed E-state index contributed by atoms with van der Waals surface area (Å²) in [5.74, 6) is 0. The Morgan fingerprint density at radius 2 is 2.44 bits per heavy atom. The van der Waals surface area contributed by atoms with Crippen LogP contribution in [0.25, 0.3) is 0 Å². The molecular weight excluding hydrogens is 141 g/mol. The van der Waals surface area contributed by atoms with Crippen LogP contribution >= 0.6 is 8.25 Å². The Labute approximate surface area is 54.3 Å². The highest BCUT2D eigenvalue weighted by Crippen LogP contribution is 2.21. The number of nitrogens with zero attached hydrogens (tertiary/aromatic N) is 1. The van der Waals surface area contributed by atoms with E-state index < -0.39 is 8.25 Å². The van der Waals surface area contributed by atoms with E-state index in [1.165, 1.54) is 7.11 Å². The zero-order valence-corrected chi connectivity index (χ0v) is 5.93. The molecule has 50 valence electrons. The summed E-state index contributed by atoms with van der Waals surface area (Å²) in [4.78, 5) is 0. The van der Waals surface area contributed by atoms with E-state index in [9.17, 15) is 4.57 Å². The fraction of sp³-hybridized carbons (Fsp3) is 0.750. The molecule has 0 amide bonds. The fourth-order valence-electron chi connectivity index (χ4n) is 0.219. The van der Waals surface area contributed by atoms with Crippen LogP contribution in [0.5, 0.6) is 0 Å². The smallest absolute Gasteiger partial charge is 0.198 e. The minimum absolute atomic E-state index is 0.166. The first-order valence-corrected chi connectivity index (χ1v) is 3.42. The van der Waals surface area contributed by atoms with Crippen molar-refractivity contribution in [3.05, 3.63) is 0 Å². The third kappa shape index (κ3) is 5.38. The summed E-state index contributed by atoms with van der Waals surface area (Å²) in [6.07, 6.45) is 0.241. The molecule has 9 heavy (non-hydrogen) atoms. The van der Waals surface area contributed by atoms with Crippen LogP contribution in [0.3, 0.4) is 0 Å². The molecule has 0 saturated heterocycles. The van der Waals surface area contributed by atoms with E-state index in [-0.39, 0.29) is 13.0 Å². The Morgan fingerprint density at radius 3 is 2.89 bits per heavy atom. The molecule has 0 aromatic heterocycles. The van der Waals surface area contributed by atoms with E-state index in [4.69, 9.17) is 5.26 Å². The van der Waals surface area contributed by atoms with Crippen LogP contribution in [0.4, 0.5) is 0 Å². The van der Waals surface area contributed by atoms with Crippen molar-refractivity contribution in [3.8, 4) is 6.07 Å². The van der Waals surface area contributed by atoms with Gasteiger partial charge in [0.1, 0.15) is 6.61 Å². The highest BCUT2D eigenvalue weighted by atomic mass is 31.1. The first-order valence-electron chi connectivity index (χ1n) is 2.32. The summed E-state index contributed by atoms with van der Waals surface area (Å²) in [5, 5.41) is 7.99. The Bertz CT molecular complexity index is 130. The molecule has 0 bridgehead atoms. The Hall–Kier alpha value is -0.490. The van der Waals surface area contributed by atoms with Gasteiger partial charge in [-0.25, -0.2) is 0 Å². The molecule has 1 atom stereocenters. The lowest BCUT2D eigenvalue weighted by Gasteiger charge is -1.79. The SMILES string of the molecule is CO[P+](=O)OCCC#N. The van der Waals surface area contributed by atoms with Gasteiger partial charge < -0.3 is 0 Å². The van der Waals surface area contributed by atoms with Gasteiger partial charge in [0, 0.05) is 4.57 Å². The van der Waals surface area contributed by atoms with Gasteiger partial charge in [-0.05, 0) is 0 Å². The van der Waals surface area contributed by atoms with Gasteiger partial charge in [-0.3, -0.25) is 0 Å². The van der Waals surface area contributed by atoms with Crippen LogP contribution in [0.1, 0.15) is 6.42 Å². The standard InChI is InChI=1S/C4H7NO3P/c1-7-9(6)8-4-2-3-5/h2,4H2,1H3/q+1. The van der Waals surface area contributed by atoms with Crippen molar-refractivity contribution >= 4 is 8.25 Å². The van der Waals surface area contributed by atoms with E-state index in [2.05, 4.69) is 9.05 Å². The second-order valence-corrected chi connectivity index (χ2v) is 2.22. The van der Waals surface area contributed by atoms with Gasteiger partial charge in [0.25, 0.3) is 0 Å². The molecule has 1 unspecified atom stereocenters. The molecule has 0 fully saturated rings. The van der Waals surface area contributed by atoms with Crippen molar-refractivity contribution in [3.63, 3.8) is 0 Å². The van der Waals surface area contributed by atoms with Crippen LogP contribution in [-0.2, 0) is 13.6 Å². The summed E-state index contributed by atoms with van der Waals surface area (Å²) < 4.78 is 19.1. The zero-order chi connectivity index (χ0) is 7.11.